The number of nitrogens with one attached hydrogen (secondary N) is 1. The van der Waals surface area contributed by atoms with Gasteiger partial charge in [-0.1, -0.05) is 0 Å². The highest BCUT2D eigenvalue weighted by Gasteiger charge is 2.19. The molecule has 0 atom stereocenters. The summed E-state index contributed by atoms with van der Waals surface area (Å²) in [5.41, 5.74) is -0.966. The van der Waals surface area contributed by atoms with E-state index in [9.17, 15) is 9.59 Å². The summed E-state index contributed by atoms with van der Waals surface area (Å²) in [5.74, 6) is -0.706. The Morgan fingerprint density at radius 1 is 1.50 bits per heavy atom. The summed E-state index contributed by atoms with van der Waals surface area (Å²) in [7, 11) is 0. The summed E-state index contributed by atoms with van der Waals surface area (Å²) in [6.07, 6.45) is 1.26. The minimum absolute atomic E-state index is 0.0765. The molecule has 0 bridgehead atoms. The molecule has 0 aliphatic carbocycles. The van der Waals surface area contributed by atoms with Crippen molar-refractivity contribution in [3.05, 3.63) is 28.4 Å². The fourth-order valence-electron chi connectivity index (χ4n) is 0.800. The lowest BCUT2D eigenvalue weighted by molar-refractivity contribution is 0.00551. The van der Waals surface area contributed by atoms with Crippen LogP contribution in [-0.2, 0) is 4.74 Å². The Kier molecular flexibility index (Phi) is 2.69. The first kappa shape index (κ1) is 10.4. The molecular formula is C9H12N2O3. The summed E-state index contributed by atoms with van der Waals surface area (Å²) in [4.78, 5) is 28.2. The van der Waals surface area contributed by atoms with Crippen LogP contribution < -0.4 is 5.56 Å². The molecule has 5 heteroatoms. The number of ether oxygens (including phenoxy) is 1. The van der Waals surface area contributed by atoms with Crippen molar-refractivity contribution < 1.29 is 9.53 Å². The molecule has 0 unspecified atom stereocenters. The maximum absolute atomic E-state index is 11.4. The van der Waals surface area contributed by atoms with Crippen molar-refractivity contribution >= 4 is 5.97 Å². The maximum Gasteiger partial charge on any atom is 0.374 e. The lowest BCUT2D eigenvalue weighted by Gasteiger charge is -2.18. The van der Waals surface area contributed by atoms with Gasteiger partial charge in [0.1, 0.15) is 5.60 Å². The maximum atomic E-state index is 11.4. The molecule has 76 valence electrons. The first-order valence-electron chi connectivity index (χ1n) is 4.17. The van der Waals surface area contributed by atoms with Crippen molar-refractivity contribution in [1.82, 2.24) is 9.97 Å². The average molecular weight is 196 g/mol. The quantitative estimate of drug-likeness (QED) is 0.672. The highest BCUT2D eigenvalue weighted by Crippen LogP contribution is 2.08. The van der Waals surface area contributed by atoms with E-state index in [4.69, 9.17) is 4.74 Å². The van der Waals surface area contributed by atoms with E-state index in [2.05, 4.69) is 9.97 Å². The molecule has 0 spiro atoms. The summed E-state index contributed by atoms with van der Waals surface area (Å²) >= 11 is 0. The van der Waals surface area contributed by atoms with Gasteiger partial charge in [-0.05, 0) is 20.8 Å². The monoisotopic (exact) mass is 196 g/mol. The molecule has 0 aliphatic heterocycles. The molecule has 0 saturated heterocycles. The van der Waals surface area contributed by atoms with Gasteiger partial charge in [0.05, 0.1) is 0 Å². The molecule has 1 heterocycles. The van der Waals surface area contributed by atoms with E-state index in [1.165, 1.54) is 12.3 Å². The van der Waals surface area contributed by atoms with Crippen molar-refractivity contribution in [3.63, 3.8) is 0 Å². The largest absolute Gasteiger partial charge is 0.454 e. The Bertz CT molecular complexity index is 390. The second-order valence-electron chi connectivity index (χ2n) is 3.78. The molecule has 1 aromatic heterocycles. The number of H-pyrrole nitrogens is 1. The van der Waals surface area contributed by atoms with Gasteiger partial charge in [-0.25, -0.2) is 9.78 Å². The van der Waals surface area contributed by atoms with Crippen LogP contribution >= 0.6 is 0 Å². The topological polar surface area (TPSA) is 72.0 Å². The zero-order chi connectivity index (χ0) is 10.8. The van der Waals surface area contributed by atoms with Crippen molar-refractivity contribution in [1.29, 1.82) is 0 Å². The van der Waals surface area contributed by atoms with Gasteiger partial charge in [-0.2, -0.15) is 0 Å². The Morgan fingerprint density at radius 3 is 2.64 bits per heavy atom. The molecule has 0 amide bonds. The molecular weight excluding hydrogens is 184 g/mol. The number of hydrogen-bond acceptors (Lipinski definition) is 4. The van der Waals surface area contributed by atoms with Gasteiger partial charge in [-0.15, -0.1) is 0 Å². The van der Waals surface area contributed by atoms with Crippen molar-refractivity contribution in [2.24, 2.45) is 0 Å². The minimum Gasteiger partial charge on any atom is -0.454 e. The van der Waals surface area contributed by atoms with Gasteiger partial charge in [0.15, 0.2) is 0 Å². The van der Waals surface area contributed by atoms with E-state index >= 15 is 0 Å². The van der Waals surface area contributed by atoms with E-state index < -0.39 is 11.6 Å². The molecule has 0 saturated carbocycles. The van der Waals surface area contributed by atoms with Crippen LogP contribution in [0.25, 0.3) is 0 Å². The molecule has 5 nitrogen and oxygen atoms in total. The molecule has 14 heavy (non-hydrogen) atoms. The summed E-state index contributed by atoms with van der Waals surface area (Å²) in [5, 5.41) is 0. The van der Waals surface area contributed by atoms with Crippen molar-refractivity contribution in [2.75, 3.05) is 0 Å². The van der Waals surface area contributed by atoms with Crippen LogP contribution in [0.4, 0.5) is 0 Å². The van der Waals surface area contributed by atoms with Crippen LogP contribution in [0.3, 0.4) is 0 Å². The third-order valence-corrected chi connectivity index (χ3v) is 1.26. The van der Waals surface area contributed by atoms with Gasteiger partial charge in [0, 0.05) is 12.3 Å². The van der Waals surface area contributed by atoms with Gasteiger partial charge in [-0.3, -0.25) is 4.79 Å². The van der Waals surface area contributed by atoms with E-state index in [1.54, 1.807) is 20.8 Å². The second-order valence-corrected chi connectivity index (χ2v) is 3.78. The normalized spacial score (nSPS) is 11.1. The zero-order valence-electron chi connectivity index (χ0n) is 8.33. The molecule has 0 aromatic carbocycles. The van der Waals surface area contributed by atoms with Crippen LogP contribution in [0.1, 0.15) is 31.4 Å². The van der Waals surface area contributed by atoms with Crippen LogP contribution in [0.5, 0.6) is 0 Å². The van der Waals surface area contributed by atoms with Crippen molar-refractivity contribution in [2.45, 2.75) is 26.4 Å². The number of nitrogens with zero attached hydrogens (tertiary/aromatic N) is 1. The summed E-state index contributed by atoms with van der Waals surface area (Å²) in [6, 6.07) is 1.23. The lowest BCUT2D eigenvalue weighted by atomic mass is 10.2. The van der Waals surface area contributed by atoms with Gasteiger partial charge in [0.25, 0.3) is 5.56 Å². The number of hydrogen-bond donors (Lipinski definition) is 1. The fraction of sp³-hybridized carbons (Fsp3) is 0.444. The number of esters is 1. The Balaban J connectivity index is 2.86. The predicted octanol–water partition coefficient (Wildman–Crippen LogP) is 0.725. The number of aromatic amines is 1. The fourth-order valence-corrected chi connectivity index (χ4v) is 0.800. The van der Waals surface area contributed by atoms with Crippen LogP contribution in [0.2, 0.25) is 0 Å². The highest BCUT2D eigenvalue weighted by atomic mass is 16.6. The molecule has 1 aromatic rings. The van der Waals surface area contributed by atoms with Gasteiger partial charge in [0.2, 0.25) is 5.82 Å². The van der Waals surface area contributed by atoms with Crippen molar-refractivity contribution in [3.8, 4) is 0 Å². The first-order chi connectivity index (χ1) is 6.38. The molecule has 0 aliphatic rings. The Labute approximate surface area is 81.1 Å². The summed E-state index contributed by atoms with van der Waals surface area (Å²) < 4.78 is 5.01. The van der Waals surface area contributed by atoms with Crippen LogP contribution in [0, 0.1) is 0 Å². The highest BCUT2D eigenvalue weighted by molar-refractivity contribution is 5.85. The van der Waals surface area contributed by atoms with Gasteiger partial charge < -0.3 is 9.72 Å². The smallest absolute Gasteiger partial charge is 0.374 e. The number of aromatic nitrogens is 2. The summed E-state index contributed by atoms with van der Waals surface area (Å²) in [6.45, 7) is 5.23. The zero-order valence-corrected chi connectivity index (χ0v) is 8.33. The molecule has 1 rings (SSSR count). The Hall–Kier alpha value is -1.65. The van der Waals surface area contributed by atoms with E-state index in [0.29, 0.717) is 0 Å². The third kappa shape index (κ3) is 3.01. The number of carbonyl (C=O) groups excluding carboxylic acids is 1. The Morgan fingerprint density at radius 2 is 2.14 bits per heavy atom. The standard InChI is InChI=1S/C9H12N2O3/c1-9(2,3)14-8(13)7-10-5-4-6(12)11-7/h4-5H,1-3H3,(H,10,11,12). The third-order valence-electron chi connectivity index (χ3n) is 1.26. The van der Waals surface area contributed by atoms with Crippen LogP contribution in [0.15, 0.2) is 17.1 Å². The van der Waals surface area contributed by atoms with E-state index in [-0.39, 0.29) is 11.4 Å². The molecule has 0 fully saturated rings. The first-order valence-corrected chi connectivity index (χ1v) is 4.17. The number of carbonyl (C=O) groups is 1. The van der Waals surface area contributed by atoms with Gasteiger partial charge >= 0.3 is 5.97 Å². The molecule has 0 radical (unpaired) electrons. The SMILES string of the molecule is CC(C)(C)OC(=O)c1nccc(=O)[nH]1. The predicted molar refractivity (Wildman–Crippen MR) is 50.0 cm³/mol. The number of rotatable bonds is 1. The molecule has 1 N–H and O–H groups in total. The minimum atomic E-state index is -0.629. The average Bonchev–Trinajstić information content (AvgIpc) is 2.01. The van der Waals surface area contributed by atoms with Crippen LogP contribution in [-0.4, -0.2) is 21.5 Å². The van der Waals surface area contributed by atoms with E-state index in [1.807, 2.05) is 0 Å². The lowest BCUT2D eigenvalue weighted by Crippen LogP contribution is -2.26. The second kappa shape index (κ2) is 3.61. The van der Waals surface area contributed by atoms with E-state index in [0.717, 1.165) is 0 Å².